The summed E-state index contributed by atoms with van der Waals surface area (Å²) in [5.41, 5.74) is 0.595. The maximum atomic E-state index is 12.7. The second-order valence-corrected chi connectivity index (χ2v) is 9.90. The highest BCUT2D eigenvalue weighted by Crippen LogP contribution is 2.25. The topological polar surface area (TPSA) is 66.5 Å². The molecule has 0 saturated carbocycles. The van der Waals surface area contributed by atoms with Crippen molar-refractivity contribution in [2.24, 2.45) is 0 Å². The predicted octanol–water partition coefficient (Wildman–Crippen LogP) is 3.98. The minimum absolute atomic E-state index is 0.115. The number of thioether (sulfide) groups is 1. The second-order valence-electron chi connectivity index (χ2n) is 6.55. The van der Waals surface area contributed by atoms with Crippen molar-refractivity contribution < 1.29 is 13.2 Å². The Kier molecular flexibility index (Phi) is 6.57. The highest BCUT2D eigenvalue weighted by atomic mass is 32.2. The maximum Gasteiger partial charge on any atom is 0.243 e. The fourth-order valence-electron chi connectivity index (χ4n) is 2.97. The fraction of sp³-hybridized carbons (Fsp3) is 0.350. The van der Waals surface area contributed by atoms with Crippen molar-refractivity contribution in [2.75, 3.05) is 18.4 Å². The van der Waals surface area contributed by atoms with Gasteiger partial charge in [0.15, 0.2) is 0 Å². The summed E-state index contributed by atoms with van der Waals surface area (Å²) in [7, 11) is -3.45. The molecule has 1 aliphatic heterocycles. The summed E-state index contributed by atoms with van der Waals surface area (Å²) in [5, 5.41) is 2.59. The van der Waals surface area contributed by atoms with Crippen LogP contribution in [0.3, 0.4) is 0 Å². The lowest BCUT2D eigenvalue weighted by molar-refractivity contribution is -0.115. The molecule has 0 bridgehead atoms. The monoisotopic (exact) mass is 404 g/mol. The minimum atomic E-state index is -3.45. The molecule has 0 aromatic heterocycles. The molecule has 7 heteroatoms. The Hall–Kier alpha value is -1.83. The van der Waals surface area contributed by atoms with Crippen molar-refractivity contribution in [1.29, 1.82) is 0 Å². The van der Waals surface area contributed by atoms with E-state index in [0.29, 0.717) is 18.8 Å². The van der Waals surface area contributed by atoms with Gasteiger partial charge in [0.25, 0.3) is 0 Å². The molecular formula is C20H24N2O3S2. The Morgan fingerprint density at radius 2 is 1.63 bits per heavy atom. The number of anilines is 1. The van der Waals surface area contributed by atoms with Crippen LogP contribution in [-0.2, 0) is 14.8 Å². The van der Waals surface area contributed by atoms with E-state index >= 15 is 0 Å². The first kappa shape index (κ1) is 19.9. The van der Waals surface area contributed by atoms with Crippen LogP contribution in [-0.4, -0.2) is 37.0 Å². The summed E-state index contributed by atoms with van der Waals surface area (Å²) in [6.07, 6.45) is 2.89. The molecule has 5 nitrogen and oxygen atoms in total. The van der Waals surface area contributed by atoms with Crippen LogP contribution in [0.2, 0.25) is 0 Å². The summed E-state index contributed by atoms with van der Waals surface area (Å²) in [4.78, 5) is 13.7. The number of sulfonamides is 1. The van der Waals surface area contributed by atoms with Gasteiger partial charge in [0, 0.05) is 23.7 Å². The number of hydrogen-bond acceptors (Lipinski definition) is 4. The molecule has 0 spiro atoms. The van der Waals surface area contributed by atoms with E-state index in [2.05, 4.69) is 5.32 Å². The van der Waals surface area contributed by atoms with Crippen LogP contribution in [0.4, 0.5) is 5.69 Å². The Bertz CT molecular complexity index is 862. The van der Waals surface area contributed by atoms with Gasteiger partial charge in [0.1, 0.15) is 0 Å². The standard InChI is InChI=1S/C20H24N2O3S2/c1-16(26-18-8-4-2-5-9-18)20(23)21-17-10-12-19(13-11-17)27(24,25)22-14-6-3-7-15-22/h2,4-5,8-13,16H,3,6-7,14-15H2,1H3,(H,21,23). The summed E-state index contributed by atoms with van der Waals surface area (Å²) < 4.78 is 26.9. The number of carbonyl (C=O) groups excluding carboxylic acids is 1. The zero-order chi connectivity index (χ0) is 19.3. The molecule has 3 rings (SSSR count). The molecule has 144 valence electrons. The normalized spacial score (nSPS) is 16.6. The molecule has 1 fully saturated rings. The minimum Gasteiger partial charge on any atom is -0.325 e. The van der Waals surface area contributed by atoms with E-state index in [1.807, 2.05) is 37.3 Å². The molecule has 1 unspecified atom stereocenters. The molecule has 2 aromatic rings. The average molecular weight is 405 g/mol. The number of carbonyl (C=O) groups is 1. The molecule has 1 amide bonds. The molecule has 1 heterocycles. The zero-order valence-corrected chi connectivity index (χ0v) is 16.9. The number of hydrogen-bond donors (Lipinski definition) is 1. The average Bonchev–Trinajstić information content (AvgIpc) is 2.70. The number of amides is 1. The molecule has 0 radical (unpaired) electrons. The zero-order valence-electron chi connectivity index (χ0n) is 15.3. The van der Waals surface area contributed by atoms with E-state index in [1.165, 1.54) is 11.8 Å². The molecule has 1 aliphatic rings. The van der Waals surface area contributed by atoms with Gasteiger partial charge in [-0.2, -0.15) is 4.31 Å². The van der Waals surface area contributed by atoms with Crippen LogP contribution in [0.1, 0.15) is 26.2 Å². The van der Waals surface area contributed by atoms with Gasteiger partial charge in [0.2, 0.25) is 15.9 Å². The van der Waals surface area contributed by atoms with E-state index in [9.17, 15) is 13.2 Å². The number of benzene rings is 2. The first-order valence-electron chi connectivity index (χ1n) is 9.09. The molecular weight excluding hydrogens is 380 g/mol. The van der Waals surface area contributed by atoms with Crippen molar-refractivity contribution in [1.82, 2.24) is 4.31 Å². The summed E-state index contributed by atoms with van der Waals surface area (Å²) in [5.74, 6) is -0.115. The van der Waals surface area contributed by atoms with Crippen molar-refractivity contribution in [3.05, 3.63) is 54.6 Å². The van der Waals surface area contributed by atoms with Crippen LogP contribution < -0.4 is 5.32 Å². The van der Waals surface area contributed by atoms with Gasteiger partial charge in [-0.25, -0.2) is 8.42 Å². The molecule has 0 aliphatic carbocycles. The van der Waals surface area contributed by atoms with Crippen molar-refractivity contribution in [3.8, 4) is 0 Å². The van der Waals surface area contributed by atoms with Crippen molar-refractivity contribution >= 4 is 33.4 Å². The largest absolute Gasteiger partial charge is 0.325 e. The lowest BCUT2D eigenvalue weighted by Crippen LogP contribution is -2.35. The predicted molar refractivity (Wildman–Crippen MR) is 109 cm³/mol. The SMILES string of the molecule is CC(Sc1ccccc1)C(=O)Nc1ccc(S(=O)(=O)N2CCCCC2)cc1. The first-order valence-corrected chi connectivity index (χ1v) is 11.4. The van der Waals surface area contributed by atoms with Gasteiger partial charge in [-0.05, 0) is 56.2 Å². The van der Waals surface area contributed by atoms with E-state index in [0.717, 1.165) is 24.2 Å². The number of nitrogens with one attached hydrogen (secondary N) is 1. The number of rotatable bonds is 6. The Morgan fingerprint density at radius 3 is 2.26 bits per heavy atom. The summed E-state index contributed by atoms with van der Waals surface area (Å²) >= 11 is 1.48. The molecule has 1 N–H and O–H groups in total. The van der Waals surface area contributed by atoms with Crippen LogP contribution in [0.25, 0.3) is 0 Å². The first-order chi connectivity index (χ1) is 13.0. The van der Waals surface area contributed by atoms with Gasteiger partial charge in [-0.3, -0.25) is 4.79 Å². The van der Waals surface area contributed by atoms with E-state index < -0.39 is 10.0 Å². The van der Waals surface area contributed by atoms with Gasteiger partial charge in [-0.15, -0.1) is 11.8 Å². The highest BCUT2D eigenvalue weighted by molar-refractivity contribution is 8.00. The third-order valence-corrected chi connectivity index (χ3v) is 7.52. The molecule has 1 saturated heterocycles. The molecule has 2 aromatic carbocycles. The van der Waals surface area contributed by atoms with Crippen molar-refractivity contribution in [3.63, 3.8) is 0 Å². The number of piperidine rings is 1. The second kappa shape index (κ2) is 8.91. The smallest absolute Gasteiger partial charge is 0.243 e. The van der Waals surface area contributed by atoms with E-state index in [4.69, 9.17) is 0 Å². The van der Waals surface area contributed by atoms with E-state index in [1.54, 1.807) is 28.6 Å². The summed E-state index contributed by atoms with van der Waals surface area (Å²) in [6, 6.07) is 16.2. The van der Waals surface area contributed by atoms with Gasteiger partial charge in [0.05, 0.1) is 10.1 Å². The van der Waals surface area contributed by atoms with Crippen LogP contribution in [0.5, 0.6) is 0 Å². The molecule has 27 heavy (non-hydrogen) atoms. The summed E-state index contributed by atoms with van der Waals surface area (Å²) in [6.45, 7) is 3.01. The Labute approximate surface area is 165 Å². The van der Waals surface area contributed by atoms with Crippen LogP contribution in [0, 0.1) is 0 Å². The lowest BCUT2D eigenvalue weighted by Gasteiger charge is -2.25. The highest BCUT2D eigenvalue weighted by Gasteiger charge is 2.25. The molecule has 1 atom stereocenters. The van der Waals surface area contributed by atoms with Gasteiger partial charge in [-0.1, -0.05) is 24.6 Å². The Balaban J connectivity index is 1.62. The third kappa shape index (κ3) is 5.12. The van der Waals surface area contributed by atoms with Gasteiger partial charge < -0.3 is 5.32 Å². The van der Waals surface area contributed by atoms with Gasteiger partial charge >= 0.3 is 0 Å². The Morgan fingerprint density at radius 1 is 1.00 bits per heavy atom. The number of nitrogens with zero attached hydrogens (tertiary/aromatic N) is 1. The maximum absolute atomic E-state index is 12.7. The van der Waals surface area contributed by atoms with E-state index in [-0.39, 0.29) is 16.1 Å². The van der Waals surface area contributed by atoms with Crippen molar-refractivity contribution in [2.45, 2.75) is 41.2 Å². The third-order valence-electron chi connectivity index (χ3n) is 4.50. The quantitative estimate of drug-likeness (QED) is 0.740. The fourth-order valence-corrected chi connectivity index (χ4v) is 5.37. The van der Waals surface area contributed by atoms with Crippen LogP contribution in [0.15, 0.2) is 64.4 Å². The van der Waals surface area contributed by atoms with Crippen LogP contribution >= 0.6 is 11.8 Å². The lowest BCUT2D eigenvalue weighted by atomic mass is 10.2.